The first-order valence-corrected chi connectivity index (χ1v) is 25.0. The smallest absolute Gasteiger partial charge is 0.472 e. The first kappa shape index (κ1) is 56.7. The van der Waals surface area contributed by atoms with E-state index in [1.165, 1.54) is 116 Å². The minimum absolute atomic E-state index is 0.140. The predicted octanol–water partition coefficient (Wildman–Crippen LogP) is 12.8. The molecule has 3 atom stereocenters. The van der Waals surface area contributed by atoms with Gasteiger partial charge < -0.3 is 25.2 Å². The normalized spacial score (nSPS) is 14.0. The average molecular weight is 856 g/mol. The fraction of sp³-hybridized carbons (Fsp3) is 0.809. The Morgan fingerprint density at radius 3 is 1.41 bits per heavy atom. The lowest BCUT2D eigenvalue weighted by atomic mass is 10.0. The van der Waals surface area contributed by atoms with Gasteiger partial charge in [-0.2, -0.15) is 0 Å². The van der Waals surface area contributed by atoms with Crippen LogP contribution < -0.4 is 5.73 Å². The molecule has 0 saturated heterocycles. The summed E-state index contributed by atoms with van der Waals surface area (Å²) in [6, 6.07) is -1.52. The molecule has 0 saturated carbocycles. The summed E-state index contributed by atoms with van der Waals surface area (Å²) < 4.78 is 32.7. The van der Waals surface area contributed by atoms with E-state index in [-0.39, 0.29) is 19.4 Å². The SMILES string of the molecule is CC/C=C/C=C/C=C/CCCCCCCC(=O)OC(COC(=O)CCCCCCCCCCCCCCCCCCCCCCCC)COP(=O)(O)OC[C@@H](N)C(=O)O. The van der Waals surface area contributed by atoms with E-state index >= 15 is 0 Å². The van der Waals surface area contributed by atoms with Gasteiger partial charge in [0, 0.05) is 12.8 Å². The number of aliphatic carboxylic acids is 1. The van der Waals surface area contributed by atoms with Crippen LogP contribution in [0, 0.1) is 0 Å². The van der Waals surface area contributed by atoms with Crippen LogP contribution in [0.3, 0.4) is 0 Å². The summed E-state index contributed by atoms with van der Waals surface area (Å²) in [5.41, 5.74) is 5.34. The molecule has 0 aromatic carbocycles. The number of phosphoric acid groups is 1. The third kappa shape index (κ3) is 42.2. The van der Waals surface area contributed by atoms with Crippen LogP contribution in [-0.4, -0.2) is 59.9 Å². The highest BCUT2D eigenvalue weighted by Crippen LogP contribution is 2.43. The molecule has 344 valence electrons. The van der Waals surface area contributed by atoms with Gasteiger partial charge in [-0.05, 0) is 32.1 Å². The second kappa shape index (κ2) is 42.4. The number of carbonyl (C=O) groups is 3. The average Bonchev–Trinajstić information content (AvgIpc) is 3.21. The molecule has 11 nitrogen and oxygen atoms in total. The number of nitrogens with two attached hydrogens (primary N) is 1. The zero-order valence-corrected chi connectivity index (χ0v) is 38.2. The molecule has 0 amide bonds. The fourth-order valence-corrected chi connectivity index (χ4v) is 7.32. The van der Waals surface area contributed by atoms with E-state index in [2.05, 4.69) is 30.5 Å². The van der Waals surface area contributed by atoms with Crippen molar-refractivity contribution in [1.29, 1.82) is 0 Å². The van der Waals surface area contributed by atoms with Crippen molar-refractivity contribution in [2.75, 3.05) is 19.8 Å². The van der Waals surface area contributed by atoms with Crippen molar-refractivity contribution in [3.05, 3.63) is 36.5 Å². The van der Waals surface area contributed by atoms with Gasteiger partial charge in [0.15, 0.2) is 6.10 Å². The van der Waals surface area contributed by atoms with Gasteiger partial charge >= 0.3 is 25.7 Å². The fourth-order valence-electron chi connectivity index (χ4n) is 6.54. The van der Waals surface area contributed by atoms with E-state index in [0.717, 1.165) is 57.8 Å². The molecular weight excluding hydrogens is 769 g/mol. The lowest BCUT2D eigenvalue weighted by Gasteiger charge is -2.20. The zero-order chi connectivity index (χ0) is 43.5. The Morgan fingerprint density at radius 2 is 0.949 bits per heavy atom. The number of unbranched alkanes of at least 4 members (excludes halogenated alkanes) is 26. The van der Waals surface area contributed by atoms with Crippen molar-refractivity contribution < 1.29 is 47.5 Å². The molecule has 0 aliphatic rings. The molecule has 0 aromatic heterocycles. The number of hydrogen-bond donors (Lipinski definition) is 3. The first-order valence-electron chi connectivity index (χ1n) is 23.5. The van der Waals surface area contributed by atoms with Crippen molar-refractivity contribution in [1.82, 2.24) is 0 Å². The largest absolute Gasteiger partial charge is 0.480 e. The van der Waals surface area contributed by atoms with Gasteiger partial charge in [0.1, 0.15) is 12.6 Å². The molecule has 2 unspecified atom stereocenters. The summed E-state index contributed by atoms with van der Waals surface area (Å²) in [6.45, 7) is 2.67. The van der Waals surface area contributed by atoms with E-state index in [4.69, 9.17) is 24.8 Å². The van der Waals surface area contributed by atoms with Gasteiger partial charge in [0.25, 0.3) is 0 Å². The molecule has 12 heteroatoms. The predicted molar refractivity (Wildman–Crippen MR) is 240 cm³/mol. The summed E-state index contributed by atoms with van der Waals surface area (Å²) in [6.07, 6.45) is 46.5. The van der Waals surface area contributed by atoms with E-state index in [1.807, 2.05) is 24.3 Å². The topological polar surface area (TPSA) is 172 Å². The van der Waals surface area contributed by atoms with Gasteiger partial charge in [-0.1, -0.05) is 204 Å². The minimum Gasteiger partial charge on any atom is -0.480 e. The maximum atomic E-state index is 12.6. The summed E-state index contributed by atoms with van der Waals surface area (Å²) in [5, 5.41) is 8.89. The van der Waals surface area contributed by atoms with Crippen LogP contribution >= 0.6 is 7.82 Å². The van der Waals surface area contributed by atoms with Gasteiger partial charge in [0.05, 0.1) is 13.2 Å². The van der Waals surface area contributed by atoms with Gasteiger partial charge in [0.2, 0.25) is 0 Å². The summed E-state index contributed by atoms with van der Waals surface area (Å²) in [7, 11) is -4.72. The van der Waals surface area contributed by atoms with E-state index in [1.54, 1.807) is 0 Å². The molecule has 4 N–H and O–H groups in total. The van der Waals surface area contributed by atoms with Crippen LogP contribution in [0.2, 0.25) is 0 Å². The number of carbonyl (C=O) groups excluding carboxylic acids is 2. The number of hydrogen-bond acceptors (Lipinski definition) is 9. The zero-order valence-electron chi connectivity index (χ0n) is 37.3. The highest BCUT2D eigenvalue weighted by Gasteiger charge is 2.28. The Bertz CT molecular complexity index is 1140. The Kier molecular flexibility index (Phi) is 40.7. The Labute approximate surface area is 359 Å². The molecule has 0 spiro atoms. The van der Waals surface area contributed by atoms with Crippen molar-refractivity contribution in [3.63, 3.8) is 0 Å². The van der Waals surface area contributed by atoms with Crippen LogP contribution in [0.5, 0.6) is 0 Å². The maximum absolute atomic E-state index is 12.6. The second-order valence-corrected chi connectivity index (χ2v) is 17.4. The van der Waals surface area contributed by atoms with Crippen molar-refractivity contribution in [3.8, 4) is 0 Å². The molecule has 0 bridgehead atoms. The highest BCUT2D eigenvalue weighted by molar-refractivity contribution is 7.47. The number of phosphoric ester groups is 1. The number of carboxylic acids is 1. The number of carboxylic acid groups (broad SMARTS) is 1. The molecule has 0 heterocycles. The summed E-state index contributed by atoms with van der Waals surface area (Å²) in [4.78, 5) is 46.0. The Hall–Kier alpha value is -2.30. The van der Waals surface area contributed by atoms with Gasteiger partial charge in [-0.15, -0.1) is 0 Å². The van der Waals surface area contributed by atoms with E-state index in [9.17, 15) is 23.8 Å². The quantitative estimate of drug-likeness (QED) is 0.0230. The number of ether oxygens (including phenoxy) is 2. The Balaban J connectivity index is 4.21. The third-order valence-electron chi connectivity index (χ3n) is 10.2. The number of esters is 2. The van der Waals surface area contributed by atoms with E-state index < -0.39 is 51.1 Å². The molecule has 0 radical (unpaired) electrons. The van der Waals surface area contributed by atoms with Crippen LogP contribution in [0.4, 0.5) is 0 Å². The molecule has 59 heavy (non-hydrogen) atoms. The maximum Gasteiger partial charge on any atom is 0.472 e. The standard InChI is InChI=1S/C47H86NO10P/c1-3-5-7-9-11-13-15-17-18-19-20-21-22-23-24-25-27-28-30-32-34-36-38-45(49)55-40-43(41-56-59(53,54)57-42-44(48)47(51)52)58-46(50)39-37-35-33-31-29-26-16-14-12-10-8-6-4-2/h6,8,10,12,14,16,43-44H,3-5,7,9,11,13,15,17-42,48H2,1-2H3,(H,51,52)(H,53,54)/b8-6+,12-10+,16-14+/t43?,44-/m1/s1. The Morgan fingerprint density at radius 1 is 0.542 bits per heavy atom. The summed E-state index contributed by atoms with van der Waals surface area (Å²) in [5.74, 6) is -2.40. The molecule has 0 rings (SSSR count). The molecule has 0 aromatic rings. The minimum atomic E-state index is -4.72. The van der Waals surface area contributed by atoms with E-state index in [0.29, 0.717) is 12.8 Å². The van der Waals surface area contributed by atoms with Crippen LogP contribution in [-0.2, 0) is 37.5 Å². The van der Waals surface area contributed by atoms with Crippen molar-refractivity contribution in [2.45, 2.75) is 225 Å². The monoisotopic (exact) mass is 856 g/mol. The first-order chi connectivity index (χ1) is 28.6. The number of allylic oxidation sites excluding steroid dienone is 6. The van der Waals surface area contributed by atoms with Crippen molar-refractivity contribution >= 4 is 25.7 Å². The van der Waals surface area contributed by atoms with Gasteiger partial charge in [-0.25, -0.2) is 4.57 Å². The van der Waals surface area contributed by atoms with Crippen LogP contribution in [0.1, 0.15) is 213 Å². The lowest BCUT2D eigenvalue weighted by Crippen LogP contribution is -2.34. The molecule has 0 aliphatic carbocycles. The second-order valence-electron chi connectivity index (χ2n) is 15.9. The van der Waals surface area contributed by atoms with Crippen molar-refractivity contribution in [2.24, 2.45) is 5.73 Å². The summed E-state index contributed by atoms with van der Waals surface area (Å²) >= 11 is 0. The third-order valence-corrected chi connectivity index (χ3v) is 11.2. The lowest BCUT2D eigenvalue weighted by molar-refractivity contribution is -0.161. The molecule has 0 fully saturated rings. The highest BCUT2D eigenvalue weighted by atomic mass is 31.2. The molecule has 0 aliphatic heterocycles. The number of rotatable bonds is 44. The van der Waals surface area contributed by atoms with Crippen LogP contribution in [0.25, 0.3) is 0 Å². The van der Waals surface area contributed by atoms with Crippen LogP contribution in [0.15, 0.2) is 36.5 Å². The van der Waals surface area contributed by atoms with Gasteiger partial charge in [-0.3, -0.25) is 23.4 Å². The molecular formula is C47H86NO10P.